The highest BCUT2D eigenvalue weighted by atomic mass is 32.2. The standard InChI is InChI=1S/C23H27N3O4S/c27-23(24-22-5-2-1-4-20(22)18-25-13-15-30-16-14-25)11-8-19-6-9-21(10-7-19)26-12-3-17-31(26,28)29/h1-2,4-11H,3,12-18H2,(H,24,27)/b11-8+. The second-order valence-corrected chi connectivity index (χ2v) is 9.71. The molecule has 2 heterocycles. The molecule has 0 atom stereocenters. The van der Waals surface area contributed by atoms with Crippen molar-refractivity contribution in [3.05, 3.63) is 65.7 Å². The van der Waals surface area contributed by atoms with Gasteiger partial charge < -0.3 is 10.1 Å². The van der Waals surface area contributed by atoms with Gasteiger partial charge in [-0.25, -0.2) is 8.42 Å². The summed E-state index contributed by atoms with van der Waals surface area (Å²) in [7, 11) is -3.19. The number of nitrogens with zero attached hydrogens (tertiary/aromatic N) is 2. The van der Waals surface area contributed by atoms with E-state index in [1.54, 1.807) is 18.2 Å². The topological polar surface area (TPSA) is 79.0 Å². The number of nitrogens with one attached hydrogen (secondary N) is 1. The van der Waals surface area contributed by atoms with E-state index in [0.717, 1.165) is 49.7 Å². The number of hydrogen-bond donors (Lipinski definition) is 1. The second-order valence-electron chi connectivity index (χ2n) is 7.70. The number of anilines is 2. The molecule has 8 heteroatoms. The van der Waals surface area contributed by atoms with Crippen LogP contribution in [0.1, 0.15) is 17.5 Å². The van der Waals surface area contributed by atoms with E-state index in [0.29, 0.717) is 18.7 Å². The van der Waals surface area contributed by atoms with Crippen molar-refractivity contribution in [2.75, 3.05) is 48.2 Å². The summed E-state index contributed by atoms with van der Waals surface area (Å²) < 4.78 is 30.9. The molecule has 2 saturated heterocycles. The Morgan fingerprint density at radius 3 is 2.48 bits per heavy atom. The third-order valence-corrected chi connectivity index (χ3v) is 7.35. The minimum Gasteiger partial charge on any atom is -0.379 e. The van der Waals surface area contributed by atoms with Crippen LogP contribution in [0.25, 0.3) is 6.08 Å². The Balaban J connectivity index is 1.38. The number of sulfonamides is 1. The molecule has 0 aliphatic carbocycles. The molecule has 0 saturated carbocycles. The van der Waals surface area contributed by atoms with Gasteiger partial charge in [-0.05, 0) is 41.8 Å². The Hall–Kier alpha value is -2.68. The van der Waals surface area contributed by atoms with Gasteiger partial charge in [-0.15, -0.1) is 0 Å². The molecule has 1 amide bonds. The highest BCUT2D eigenvalue weighted by Crippen LogP contribution is 2.24. The molecule has 0 bridgehead atoms. The summed E-state index contributed by atoms with van der Waals surface area (Å²) in [6.07, 6.45) is 3.87. The van der Waals surface area contributed by atoms with Crippen molar-refractivity contribution in [2.24, 2.45) is 0 Å². The molecule has 0 aromatic heterocycles. The minimum atomic E-state index is -3.19. The highest BCUT2D eigenvalue weighted by Gasteiger charge is 2.28. The molecule has 1 N–H and O–H groups in total. The monoisotopic (exact) mass is 441 g/mol. The van der Waals surface area contributed by atoms with Crippen LogP contribution in [0.15, 0.2) is 54.6 Å². The molecule has 31 heavy (non-hydrogen) atoms. The Bertz CT molecular complexity index is 1040. The van der Waals surface area contributed by atoms with E-state index in [-0.39, 0.29) is 11.7 Å². The number of para-hydroxylation sites is 1. The molecule has 2 aromatic rings. The van der Waals surface area contributed by atoms with Gasteiger partial charge in [0, 0.05) is 37.9 Å². The van der Waals surface area contributed by atoms with Crippen LogP contribution in [0.3, 0.4) is 0 Å². The smallest absolute Gasteiger partial charge is 0.248 e. The van der Waals surface area contributed by atoms with Gasteiger partial charge in [0.2, 0.25) is 15.9 Å². The molecule has 2 aliphatic rings. The van der Waals surface area contributed by atoms with Crippen molar-refractivity contribution in [1.29, 1.82) is 0 Å². The van der Waals surface area contributed by atoms with Gasteiger partial charge in [0.05, 0.1) is 24.7 Å². The zero-order valence-corrected chi connectivity index (χ0v) is 18.2. The predicted molar refractivity (Wildman–Crippen MR) is 122 cm³/mol. The van der Waals surface area contributed by atoms with E-state index in [1.807, 2.05) is 36.4 Å². The lowest BCUT2D eigenvalue weighted by atomic mass is 10.1. The number of benzene rings is 2. The highest BCUT2D eigenvalue weighted by molar-refractivity contribution is 7.93. The van der Waals surface area contributed by atoms with Crippen LogP contribution < -0.4 is 9.62 Å². The van der Waals surface area contributed by atoms with Gasteiger partial charge in [0.15, 0.2) is 0 Å². The first kappa shape index (κ1) is 21.5. The van der Waals surface area contributed by atoms with Crippen LogP contribution in [0.4, 0.5) is 11.4 Å². The maximum absolute atomic E-state index is 12.5. The van der Waals surface area contributed by atoms with Crippen molar-refractivity contribution in [3.8, 4) is 0 Å². The van der Waals surface area contributed by atoms with Crippen molar-refractivity contribution < 1.29 is 17.9 Å². The Morgan fingerprint density at radius 1 is 1.03 bits per heavy atom. The van der Waals surface area contributed by atoms with Gasteiger partial charge in [-0.3, -0.25) is 14.0 Å². The van der Waals surface area contributed by atoms with E-state index in [1.165, 1.54) is 10.4 Å². The number of amides is 1. The van der Waals surface area contributed by atoms with Crippen LogP contribution in [0.2, 0.25) is 0 Å². The lowest BCUT2D eigenvalue weighted by Gasteiger charge is -2.27. The number of rotatable bonds is 6. The minimum absolute atomic E-state index is 0.196. The lowest BCUT2D eigenvalue weighted by Crippen LogP contribution is -2.35. The third-order valence-electron chi connectivity index (χ3n) is 5.48. The van der Waals surface area contributed by atoms with Gasteiger partial charge in [0.25, 0.3) is 0 Å². The summed E-state index contributed by atoms with van der Waals surface area (Å²) in [6, 6.07) is 15.0. The maximum Gasteiger partial charge on any atom is 0.248 e. The maximum atomic E-state index is 12.5. The van der Waals surface area contributed by atoms with Crippen LogP contribution in [-0.2, 0) is 26.1 Å². The number of hydrogen-bond acceptors (Lipinski definition) is 5. The number of carbonyl (C=O) groups is 1. The predicted octanol–water partition coefficient (Wildman–Crippen LogP) is 2.71. The van der Waals surface area contributed by atoms with Crippen molar-refractivity contribution >= 4 is 33.4 Å². The normalized spacial score (nSPS) is 19.0. The Labute approximate surface area is 183 Å². The zero-order valence-electron chi connectivity index (χ0n) is 17.4. The summed E-state index contributed by atoms with van der Waals surface area (Å²) in [5, 5.41) is 2.97. The number of carbonyl (C=O) groups excluding carboxylic acids is 1. The average Bonchev–Trinajstić information content (AvgIpc) is 3.14. The molecular formula is C23H27N3O4S. The zero-order chi connectivity index (χ0) is 21.7. The van der Waals surface area contributed by atoms with E-state index in [4.69, 9.17) is 4.74 Å². The molecule has 2 fully saturated rings. The fourth-order valence-electron chi connectivity index (χ4n) is 3.81. The van der Waals surface area contributed by atoms with Crippen LogP contribution in [0, 0.1) is 0 Å². The number of morpholine rings is 1. The fraction of sp³-hybridized carbons (Fsp3) is 0.348. The lowest BCUT2D eigenvalue weighted by molar-refractivity contribution is -0.111. The molecule has 4 rings (SSSR count). The molecule has 0 radical (unpaired) electrons. The third kappa shape index (κ3) is 5.52. The number of ether oxygens (including phenoxy) is 1. The summed E-state index contributed by atoms with van der Waals surface area (Å²) in [6.45, 7) is 4.53. The molecule has 0 spiro atoms. The summed E-state index contributed by atoms with van der Waals surface area (Å²) in [5.41, 5.74) is 3.37. The van der Waals surface area contributed by atoms with Gasteiger partial charge in [-0.1, -0.05) is 30.3 Å². The molecular weight excluding hydrogens is 414 g/mol. The van der Waals surface area contributed by atoms with Gasteiger partial charge in [0.1, 0.15) is 0 Å². The first-order valence-corrected chi connectivity index (χ1v) is 12.1. The SMILES string of the molecule is O=C(/C=C/c1ccc(N2CCCS2(=O)=O)cc1)Nc1ccccc1CN1CCOCC1. The first-order valence-electron chi connectivity index (χ1n) is 10.5. The summed E-state index contributed by atoms with van der Waals surface area (Å²) in [4.78, 5) is 14.8. The second kappa shape index (κ2) is 9.64. The quantitative estimate of drug-likeness (QED) is 0.698. The Kier molecular flexibility index (Phi) is 6.70. The molecule has 0 unspecified atom stereocenters. The van der Waals surface area contributed by atoms with E-state index < -0.39 is 10.0 Å². The van der Waals surface area contributed by atoms with Crippen molar-refractivity contribution in [1.82, 2.24) is 4.90 Å². The Morgan fingerprint density at radius 2 is 1.77 bits per heavy atom. The van der Waals surface area contributed by atoms with E-state index in [9.17, 15) is 13.2 Å². The van der Waals surface area contributed by atoms with Crippen LogP contribution in [-0.4, -0.2) is 57.8 Å². The molecule has 2 aliphatic heterocycles. The van der Waals surface area contributed by atoms with Crippen LogP contribution >= 0.6 is 0 Å². The largest absolute Gasteiger partial charge is 0.379 e. The molecule has 2 aromatic carbocycles. The van der Waals surface area contributed by atoms with E-state index >= 15 is 0 Å². The summed E-state index contributed by atoms with van der Waals surface area (Å²) >= 11 is 0. The molecule has 7 nitrogen and oxygen atoms in total. The first-order chi connectivity index (χ1) is 15.0. The van der Waals surface area contributed by atoms with Crippen molar-refractivity contribution in [2.45, 2.75) is 13.0 Å². The van der Waals surface area contributed by atoms with Gasteiger partial charge in [-0.2, -0.15) is 0 Å². The van der Waals surface area contributed by atoms with E-state index in [2.05, 4.69) is 10.2 Å². The van der Waals surface area contributed by atoms with Crippen molar-refractivity contribution in [3.63, 3.8) is 0 Å². The summed E-state index contributed by atoms with van der Waals surface area (Å²) in [5.74, 6) is -0.0115. The molecule has 164 valence electrons. The fourth-order valence-corrected chi connectivity index (χ4v) is 5.37. The average molecular weight is 442 g/mol. The van der Waals surface area contributed by atoms with Gasteiger partial charge >= 0.3 is 0 Å². The van der Waals surface area contributed by atoms with Crippen LogP contribution in [0.5, 0.6) is 0 Å².